The van der Waals surface area contributed by atoms with Gasteiger partial charge in [-0.2, -0.15) is 4.98 Å². The van der Waals surface area contributed by atoms with Gasteiger partial charge in [-0.1, -0.05) is 59.8 Å². The molecule has 0 spiro atoms. The van der Waals surface area contributed by atoms with Crippen LogP contribution in [0.15, 0.2) is 77.3 Å². The minimum atomic E-state index is 0.518. The van der Waals surface area contributed by atoms with Crippen molar-refractivity contribution in [1.29, 1.82) is 0 Å². The van der Waals surface area contributed by atoms with Gasteiger partial charge < -0.3 is 9.84 Å². The van der Waals surface area contributed by atoms with Crippen LogP contribution in [0.25, 0.3) is 22.2 Å². The molecule has 4 aromatic rings. The number of aromatic nitrogens is 2. The van der Waals surface area contributed by atoms with E-state index in [-0.39, 0.29) is 0 Å². The summed E-state index contributed by atoms with van der Waals surface area (Å²) >= 11 is 0. The molecule has 0 atom stereocenters. The van der Waals surface area contributed by atoms with Gasteiger partial charge in [0, 0.05) is 16.6 Å². The van der Waals surface area contributed by atoms with E-state index >= 15 is 0 Å². The van der Waals surface area contributed by atoms with Crippen LogP contribution in [0.4, 0.5) is 5.69 Å². The molecule has 1 heterocycles. The van der Waals surface area contributed by atoms with Gasteiger partial charge in [0.05, 0.1) is 6.54 Å². The largest absolute Gasteiger partial charge is 0.377 e. The molecule has 0 aliphatic carbocycles. The molecule has 1 N–H and O–H groups in total. The van der Waals surface area contributed by atoms with E-state index in [1.54, 1.807) is 0 Å². The zero-order valence-corrected chi connectivity index (χ0v) is 12.4. The van der Waals surface area contributed by atoms with Crippen molar-refractivity contribution in [1.82, 2.24) is 10.1 Å². The van der Waals surface area contributed by atoms with Gasteiger partial charge in [-0.3, -0.25) is 0 Å². The molecule has 0 amide bonds. The molecule has 0 aliphatic rings. The van der Waals surface area contributed by atoms with Crippen molar-refractivity contribution in [2.75, 3.05) is 5.32 Å². The minimum Gasteiger partial charge on any atom is -0.377 e. The Morgan fingerprint density at radius 1 is 0.826 bits per heavy atom. The van der Waals surface area contributed by atoms with Crippen LogP contribution in [0.2, 0.25) is 0 Å². The van der Waals surface area contributed by atoms with Crippen LogP contribution in [0.3, 0.4) is 0 Å². The highest BCUT2D eigenvalue weighted by molar-refractivity contribution is 5.93. The zero-order chi connectivity index (χ0) is 15.5. The summed E-state index contributed by atoms with van der Waals surface area (Å²) in [6.07, 6.45) is 0. The Morgan fingerprint density at radius 2 is 1.61 bits per heavy atom. The minimum absolute atomic E-state index is 0.518. The second kappa shape index (κ2) is 5.93. The fraction of sp³-hybridized carbons (Fsp3) is 0.0526. The number of anilines is 1. The predicted octanol–water partition coefficient (Wildman–Crippen LogP) is 4.50. The summed E-state index contributed by atoms with van der Waals surface area (Å²) in [5.74, 6) is 1.18. The van der Waals surface area contributed by atoms with Crippen LogP contribution in [-0.2, 0) is 6.54 Å². The summed E-state index contributed by atoms with van der Waals surface area (Å²) < 4.78 is 5.33. The maximum absolute atomic E-state index is 5.33. The number of hydrogen-bond acceptors (Lipinski definition) is 4. The molecular weight excluding hydrogens is 286 g/mol. The van der Waals surface area contributed by atoms with E-state index in [0.717, 1.165) is 11.3 Å². The lowest BCUT2D eigenvalue weighted by Gasteiger charge is -2.07. The van der Waals surface area contributed by atoms with E-state index in [1.807, 2.05) is 48.5 Å². The summed E-state index contributed by atoms with van der Waals surface area (Å²) in [7, 11) is 0. The SMILES string of the molecule is c1ccc(-c2nc(CNc3cccc4ccccc34)no2)cc1. The Balaban J connectivity index is 1.54. The fourth-order valence-corrected chi connectivity index (χ4v) is 2.58. The van der Waals surface area contributed by atoms with Gasteiger partial charge in [0.25, 0.3) is 5.89 Å². The van der Waals surface area contributed by atoms with E-state index in [0.29, 0.717) is 18.3 Å². The Hall–Kier alpha value is -3.14. The van der Waals surface area contributed by atoms with Gasteiger partial charge in [0.15, 0.2) is 5.82 Å². The number of fused-ring (bicyclic) bond motifs is 1. The van der Waals surface area contributed by atoms with Crippen LogP contribution in [0, 0.1) is 0 Å². The van der Waals surface area contributed by atoms with E-state index < -0.39 is 0 Å². The smallest absolute Gasteiger partial charge is 0.257 e. The molecule has 0 aliphatic heterocycles. The lowest BCUT2D eigenvalue weighted by atomic mass is 10.1. The molecule has 4 rings (SSSR count). The van der Waals surface area contributed by atoms with Crippen molar-refractivity contribution in [3.8, 4) is 11.5 Å². The molecule has 0 saturated carbocycles. The number of nitrogens with one attached hydrogen (secondary N) is 1. The van der Waals surface area contributed by atoms with Gasteiger partial charge >= 0.3 is 0 Å². The van der Waals surface area contributed by atoms with Crippen LogP contribution in [-0.4, -0.2) is 10.1 Å². The first-order valence-electron chi connectivity index (χ1n) is 7.50. The molecule has 3 aromatic carbocycles. The summed E-state index contributed by atoms with van der Waals surface area (Å²) in [6.45, 7) is 0.518. The van der Waals surface area contributed by atoms with E-state index in [1.165, 1.54) is 10.8 Å². The van der Waals surface area contributed by atoms with Crippen molar-refractivity contribution in [2.45, 2.75) is 6.54 Å². The standard InChI is InChI=1S/C19H15N3O/c1-2-8-15(9-3-1)19-21-18(22-23-19)13-20-17-12-6-10-14-7-4-5-11-16(14)17/h1-12,20H,13H2. The maximum Gasteiger partial charge on any atom is 0.257 e. The Bertz CT molecular complexity index is 926. The third-order valence-corrected chi connectivity index (χ3v) is 3.72. The average Bonchev–Trinajstić information content (AvgIpc) is 3.10. The summed E-state index contributed by atoms with van der Waals surface area (Å²) in [5, 5.41) is 9.81. The van der Waals surface area contributed by atoms with Crippen molar-refractivity contribution in [3.05, 3.63) is 78.6 Å². The first kappa shape index (κ1) is 13.5. The first-order chi connectivity index (χ1) is 11.4. The third kappa shape index (κ3) is 2.79. The number of benzene rings is 3. The molecule has 4 nitrogen and oxygen atoms in total. The third-order valence-electron chi connectivity index (χ3n) is 3.72. The molecular formula is C19H15N3O. The monoisotopic (exact) mass is 301 g/mol. The second-order valence-corrected chi connectivity index (χ2v) is 5.26. The van der Waals surface area contributed by atoms with Gasteiger partial charge in [-0.15, -0.1) is 0 Å². The Kier molecular flexibility index (Phi) is 3.48. The highest BCUT2D eigenvalue weighted by Crippen LogP contribution is 2.23. The number of hydrogen-bond donors (Lipinski definition) is 1. The second-order valence-electron chi connectivity index (χ2n) is 5.26. The highest BCUT2D eigenvalue weighted by atomic mass is 16.5. The topological polar surface area (TPSA) is 51.0 Å². The Morgan fingerprint density at radius 3 is 2.52 bits per heavy atom. The van der Waals surface area contributed by atoms with Crippen molar-refractivity contribution >= 4 is 16.5 Å². The Labute approximate surface area is 133 Å². The quantitative estimate of drug-likeness (QED) is 0.603. The molecule has 0 unspecified atom stereocenters. The summed E-state index contributed by atoms with van der Waals surface area (Å²) in [6, 6.07) is 24.2. The van der Waals surface area contributed by atoms with Gasteiger partial charge in [0.2, 0.25) is 0 Å². The predicted molar refractivity (Wildman–Crippen MR) is 91.0 cm³/mol. The van der Waals surface area contributed by atoms with E-state index in [9.17, 15) is 0 Å². The van der Waals surface area contributed by atoms with Crippen LogP contribution < -0.4 is 5.32 Å². The number of rotatable bonds is 4. The normalized spacial score (nSPS) is 10.8. The molecule has 4 heteroatoms. The molecule has 0 bridgehead atoms. The first-order valence-corrected chi connectivity index (χ1v) is 7.50. The zero-order valence-electron chi connectivity index (χ0n) is 12.4. The summed E-state index contributed by atoms with van der Waals surface area (Å²) in [4.78, 5) is 4.44. The highest BCUT2D eigenvalue weighted by Gasteiger charge is 2.08. The van der Waals surface area contributed by atoms with E-state index in [4.69, 9.17) is 4.52 Å². The molecule has 112 valence electrons. The maximum atomic E-state index is 5.33. The van der Waals surface area contributed by atoms with Gasteiger partial charge in [0.1, 0.15) is 0 Å². The molecule has 1 aromatic heterocycles. The van der Waals surface area contributed by atoms with Crippen molar-refractivity contribution in [3.63, 3.8) is 0 Å². The van der Waals surface area contributed by atoms with E-state index in [2.05, 4.69) is 39.7 Å². The van der Waals surface area contributed by atoms with Crippen LogP contribution >= 0.6 is 0 Å². The molecule has 23 heavy (non-hydrogen) atoms. The summed E-state index contributed by atoms with van der Waals surface area (Å²) in [5.41, 5.74) is 1.99. The van der Waals surface area contributed by atoms with Gasteiger partial charge in [-0.25, -0.2) is 0 Å². The average molecular weight is 301 g/mol. The van der Waals surface area contributed by atoms with Crippen LogP contribution in [0.5, 0.6) is 0 Å². The number of nitrogens with zero attached hydrogens (tertiary/aromatic N) is 2. The molecule has 0 saturated heterocycles. The molecule has 0 fully saturated rings. The van der Waals surface area contributed by atoms with Crippen molar-refractivity contribution in [2.24, 2.45) is 0 Å². The van der Waals surface area contributed by atoms with Crippen LogP contribution in [0.1, 0.15) is 5.82 Å². The molecule has 0 radical (unpaired) electrons. The van der Waals surface area contributed by atoms with Crippen molar-refractivity contribution < 1.29 is 4.52 Å². The fourth-order valence-electron chi connectivity index (χ4n) is 2.58. The lowest BCUT2D eigenvalue weighted by molar-refractivity contribution is 0.423. The van der Waals surface area contributed by atoms with Gasteiger partial charge in [-0.05, 0) is 23.6 Å². The lowest BCUT2D eigenvalue weighted by Crippen LogP contribution is -2.01.